The van der Waals surface area contributed by atoms with Crippen LogP contribution in [0.15, 0.2) is 17.0 Å². The van der Waals surface area contributed by atoms with E-state index in [4.69, 9.17) is 19.8 Å². The molecule has 0 aliphatic heterocycles. The Morgan fingerprint density at radius 2 is 1.85 bits per heavy atom. The summed E-state index contributed by atoms with van der Waals surface area (Å²) in [5.41, 5.74) is 0.680. The number of unbranched alkanes of at least 4 members (excludes halogenated alkanes) is 1. The first kappa shape index (κ1) is 23.4. The SMILES string of the molecule is Cc1ccc(S(=O)(=O)Cl)c(O[C@H](C)CCCCO[Si](C)(C)C(C)(C)C)n1. The van der Waals surface area contributed by atoms with Crippen molar-refractivity contribution in [3.63, 3.8) is 0 Å². The summed E-state index contributed by atoms with van der Waals surface area (Å²) in [6.45, 7) is 15.6. The number of ether oxygens (including phenoxy) is 1. The van der Waals surface area contributed by atoms with Crippen molar-refractivity contribution in [3.05, 3.63) is 17.8 Å². The summed E-state index contributed by atoms with van der Waals surface area (Å²) < 4.78 is 35.2. The van der Waals surface area contributed by atoms with Crippen LogP contribution in [-0.2, 0) is 13.5 Å². The molecule has 0 unspecified atom stereocenters. The fourth-order valence-electron chi connectivity index (χ4n) is 2.12. The second-order valence-electron chi connectivity index (χ2n) is 8.23. The van der Waals surface area contributed by atoms with Crippen LogP contribution >= 0.6 is 10.7 Å². The van der Waals surface area contributed by atoms with E-state index >= 15 is 0 Å². The summed E-state index contributed by atoms with van der Waals surface area (Å²) >= 11 is 0. The average Bonchev–Trinajstić information content (AvgIpc) is 2.44. The molecule has 1 aromatic heterocycles. The van der Waals surface area contributed by atoms with E-state index in [1.165, 1.54) is 6.07 Å². The third-order valence-electron chi connectivity index (χ3n) is 4.81. The van der Waals surface area contributed by atoms with Gasteiger partial charge in [-0.05, 0) is 63.4 Å². The smallest absolute Gasteiger partial charge is 0.266 e. The van der Waals surface area contributed by atoms with Crippen LogP contribution in [0, 0.1) is 6.92 Å². The lowest BCUT2D eigenvalue weighted by Crippen LogP contribution is -2.40. The molecule has 0 bridgehead atoms. The number of hydrogen-bond acceptors (Lipinski definition) is 5. The molecule has 0 spiro atoms. The number of halogens is 1. The van der Waals surface area contributed by atoms with Crippen molar-refractivity contribution in [2.75, 3.05) is 6.61 Å². The largest absolute Gasteiger partial charge is 0.474 e. The molecule has 0 saturated heterocycles. The number of nitrogens with zero attached hydrogens (tertiary/aromatic N) is 1. The van der Waals surface area contributed by atoms with Crippen molar-refractivity contribution in [2.45, 2.75) is 83.0 Å². The van der Waals surface area contributed by atoms with E-state index in [0.717, 1.165) is 25.9 Å². The highest BCUT2D eigenvalue weighted by molar-refractivity contribution is 8.13. The quantitative estimate of drug-likeness (QED) is 0.308. The van der Waals surface area contributed by atoms with Crippen LogP contribution in [0.3, 0.4) is 0 Å². The van der Waals surface area contributed by atoms with Gasteiger partial charge in [-0.25, -0.2) is 13.4 Å². The maximum Gasteiger partial charge on any atom is 0.266 e. The molecule has 150 valence electrons. The van der Waals surface area contributed by atoms with Gasteiger partial charge in [0.2, 0.25) is 5.88 Å². The van der Waals surface area contributed by atoms with E-state index in [1.54, 1.807) is 13.0 Å². The Bertz CT molecular complexity index is 702. The Kier molecular flexibility index (Phi) is 8.14. The van der Waals surface area contributed by atoms with E-state index in [2.05, 4.69) is 38.8 Å². The Labute approximate surface area is 164 Å². The highest BCUT2D eigenvalue weighted by atomic mass is 35.7. The minimum absolute atomic E-state index is 0.0741. The second kappa shape index (κ2) is 9.04. The van der Waals surface area contributed by atoms with Gasteiger partial charge in [-0.3, -0.25) is 0 Å². The molecular formula is C18H32ClNO4SSi. The average molecular weight is 422 g/mol. The number of aryl methyl sites for hydroxylation is 1. The molecule has 1 heterocycles. The van der Waals surface area contributed by atoms with Crippen molar-refractivity contribution >= 4 is 28.1 Å². The summed E-state index contributed by atoms with van der Waals surface area (Å²) in [5, 5.41) is 0.212. The molecule has 26 heavy (non-hydrogen) atoms. The van der Waals surface area contributed by atoms with E-state index < -0.39 is 17.4 Å². The number of rotatable bonds is 9. The highest BCUT2D eigenvalue weighted by Crippen LogP contribution is 2.36. The van der Waals surface area contributed by atoms with E-state index in [9.17, 15) is 8.42 Å². The standard InChI is InChI=1S/C18H32ClNO4SSi/c1-14-11-12-16(25(19,21)22)17(20-14)24-15(2)10-8-9-13-23-26(6,7)18(3,4)5/h11-12,15H,8-10,13H2,1-7H3/t15-/m1/s1. The molecule has 0 amide bonds. The van der Waals surface area contributed by atoms with E-state index in [-0.39, 0.29) is 21.9 Å². The zero-order valence-corrected chi connectivity index (χ0v) is 19.5. The van der Waals surface area contributed by atoms with Crippen LogP contribution in [0.25, 0.3) is 0 Å². The van der Waals surface area contributed by atoms with E-state index in [1.807, 2.05) is 6.92 Å². The predicted octanol–water partition coefficient (Wildman–Crippen LogP) is 5.28. The highest BCUT2D eigenvalue weighted by Gasteiger charge is 2.36. The van der Waals surface area contributed by atoms with Gasteiger partial charge in [0.15, 0.2) is 8.32 Å². The first-order valence-corrected chi connectivity index (χ1v) is 14.2. The number of hydrogen-bond donors (Lipinski definition) is 0. The summed E-state index contributed by atoms with van der Waals surface area (Å²) in [5.74, 6) is 0.0741. The van der Waals surface area contributed by atoms with Gasteiger partial charge in [-0.1, -0.05) is 20.8 Å². The van der Waals surface area contributed by atoms with Crippen LogP contribution in [-0.4, -0.2) is 34.4 Å². The molecule has 0 aliphatic rings. The summed E-state index contributed by atoms with van der Waals surface area (Å²) in [6.07, 6.45) is 2.51. The Morgan fingerprint density at radius 3 is 2.38 bits per heavy atom. The maximum absolute atomic E-state index is 11.7. The molecule has 1 atom stereocenters. The maximum atomic E-state index is 11.7. The first-order valence-electron chi connectivity index (χ1n) is 8.97. The predicted molar refractivity (Wildman–Crippen MR) is 109 cm³/mol. The summed E-state index contributed by atoms with van der Waals surface area (Å²) in [7, 11) is -0.122. The van der Waals surface area contributed by atoms with Crippen LogP contribution in [0.2, 0.25) is 18.1 Å². The zero-order valence-electron chi connectivity index (χ0n) is 16.9. The topological polar surface area (TPSA) is 65.5 Å². The monoisotopic (exact) mass is 421 g/mol. The molecule has 5 nitrogen and oxygen atoms in total. The van der Waals surface area contributed by atoms with Crippen molar-refractivity contribution < 1.29 is 17.6 Å². The molecule has 1 rings (SSSR count). The second-order valence-corrected chi connectivity index (χ2v) is 15.6. The van der Waals surface area contributed by atoms with Crippen molar-refractivity contribution in [2.24, 2.45) is 0 Å². The molecule has 0 aliphatic carbocycles. The number of pyridine rings is 1. The minimum Gasteiger partial charge on any atom is -0.474 e. The van der Waals surface area contributed by atoms with E-state index in [0.29, 0.717) is 5.69 Å². The van der Waals surface area contributed by atoms with Crippen LogP contribution in [0.1, 0.15) is 52.7 Å². The lowest BCUT2D eigenvalue weighted by molar-refractivity contribution is 0.187. The molecule has 0 N–H and O–H groups in total. The molecule has 1 aromatic rings. The van der Waals surface area contributed by atoms with Crippen molar-refractivity contribution in [3.8, 4) is 5.88 Å². The molecule has 0 radical (unpaired) electrons. The van der Waals surface area contributed by atoms with Gasteiger partial charge in [0.05, 0.1) is 6.10 Å². The fraction of sp³-hybridized carbons (Fsp3) is 0.722. The van der Waals surface area contributed by atoms with Crippen molar-refractivity contribution in [1.82, 2.24) is 4.98 Å². The third kappa shape index (κ3) is 7.17. The molecular weight excluding hydrogens is 390 g/mol. The van der Waals surface area contributed by atoms with Gasteiger partial charge in [-0.2, -0.15) is 0 Å². The molecule has 0 aromatic carbocycles. The summed E-state index contributed by atoms with van der Waals surface area (Å²) in [6, 6.07) is 3.03. The molecule has 0 fully saturated rings. The lowest BCUT2D eigenvalue weighted by Gasteiger charge is -2.36. The zero-order chi connectivity index (χ0) is 20.2. The third-order valence-corrected chi connectivity index (χ3v) is 10.7. The molecule has 0 saturated carbocycles. The van der Waals surface area contributed by atoms with Gasteiger partial charge in [0.1, 0.15) is 4.90 Å². The summed E-state index contributed by atoms with van der Waals surface area (Å²) in [4.78, 5) is 4.09. The Hall–Kier alpha value is -0.633. The van der Waals surface area contributed by atoms with Gasteiger partial charge in [-0.15, -0.1) is 0 Å². The number of aromatic nitrogens is 1. The Morgan fingerprint density at radius 1 is 1.23 bits per heavy atom. The fourth-order valence-corrected chi connectivity index (χ4v) is 4.09. The Balaban J connectivity index is 2.52. The normalized spacial score (nSPS) is 14.3. The van der Waals surface area contributed by atoms with Gasteiger partial charge >= 0.3 is 0 Å². The van der Waals surface area contributed by atoms with Gasteiger partial charge in [0.25, 0.3) is 9.05 Å². The molecule has 8 heteroatoms. The lowest BCUT2D eigenvalue weighted by atomic mass is 10.2. The van der Waals surface area contributed by atoms with Crippen LogP contribution in [0.4, 0.5) is 0 Å². The van der Waals surface area contributed by atoms with Gasteiger partial charge < -0.3 is 9.16 Å². The van der Waals surface area contributed by atoms with Crippen molar-refractivity contribution in [1.29, 1.82) is 0 Å². The van der Waals surface area contributed by atoms with Crippen LogP contribution in [0.5, 0.6) is 5.88 Å². The van der Waals surface area contributed by atoms with Crippen LogP contribution < -0.4 is 4.74 Å². The van der Waals surface area contributed by atoms with Gasteiger partial charge in [0, 0.05) is 23.0 Å². The minimum atomic E-state index is -3.89. The first-order chi connectivity index (χ1) is 11.7.